The second-order valence-corrected chi connectivity index (χ2v) is 10.1. The molecular formula is C29H28ClN7O2. The van der Waals surface area contributed by atoms with Gasteiger partial charge in [0, 0.05) is 24.5 Å². The molecule has 0 radical (unpaired) electrons. The van der Waals surface area contributed by atoms with Crippen LogP contribution in [0, 0.1) is 0 Å². The predicted octanol–water partition coefficient (Wildman–Crippen LogP) is 5.13. The van der Waals surface area contributed by atoms with Crippen molar-refractivity contribution in [3.8, 4) is 11.4 Å². The minimum Gasteiger partial charge on any atom is -0.497 e. The highest BCUT2D eigenvalue weighted by molar-refractivity contribution is 6.30. The van der Waals surface area contributed by atoms with Crippen molar-refractivity contribution < 1.29 is 4.74 Å². The molecule has 1 aromatic carbocycles. The Morgan fingerprint density at radius 2 is 1.82 bits per heavy atom. The largest absolute Gasteiger partial charge is 0.497 e. The van der Waals surface area contributed by atoms with Gasteiger partial charge in [0.25, 0.3) is 5.56 Å². The molecular weight excluding hydrogens is 514 g/mol. The van der Waals surface area contributed by atoms with Crippen LogP contribution in [0.25, 0.3) is 16.9 Å². The lowest BCUT2D eigenvalue weighted by Crippen LogP contribution is -2.23. The van der Waals surface area contributed by atoms with Crippen LogP contribution >= 0.6 is 11.6 Å². The van der Waals surface area contributed by atoms with Crippen LogP contribution in [0.4, 0.5) is 11.8 Å². The van der Waals surface area contributed by atoms with Gasteiger partial charge < -0.3 is 15.4 Å². The molecule has 1 aliphatic rings. The number of hydrogen-bond acceptors (Lipinski definition) is 7. The summed E-state index contributed by atoms with van der Waals surface area (Å²) in [6.07, 6.45) is 8.10. The number of halogens is 1. The van der Waals surface area contributed by atoms with Crippen LogP contribution in [0.15, 0.2) is 84.0 Å². The Hall–Kier alpha value is -4.37. The number of benzene rings is 1. The summed E-state index contributed by atoms with van der Waals surface area (Å²) in [7, 11) is 1.67. The number of imidazole rings is 1. The normalized spacial score (nSPS) is 16.9. The van der Waals surface area contributed by atoms with Crippen LogP contribution < -0.4 is 20.9 Å². The van der Waals surface area contributed by atoms with Crippen molar-refractivity contribution in [3.05, 3.63) is 100 Å². The zero-order valence-corrected chi connectivity index (χ0v) is 22.2. The van der Waals surface area contributed by atoms with Gasteiger partial charge >= 0.3 is 0 Å². The molecule has 1 fully saturated rings. The lowest BCUT2D eigenvalue weighted by atomic mass is 10.2. The second kappa shape index (κ2) is 10.8. The Morgan fingerprint density at radius 3 is 2.59 bits per heavy atom. The molecule has 4 heterocycles. The first-order valence-corrected chi connectivity index (χ1v) is 13.3. The van der Waals surface area contributed by atoms with Crippen molar-refractivity contribution in [2.45, 2.75) is 37.9 Å². The van der Waals surface area contributed by atoms with E-state index in [9.17, 15) is 4.79 Å². The van der Waals surface area contributed by atoms with Gasteiger partial charge in [-0.1, -0.05) is 23.7 Å². The average molecular weight is 542 g/mol. The number of hydrogen-bond donors (Lipinski definition) is 2. The van der Waals surface area contributed by atoms with Gasteiger partial charge in [-0.3, -0.25) is 13.9 Å². The molecule has 1 aliphatic carbocycles. The van der Waals surface area contributed by atoms with Crippen LogP contribution in [0.2, 0.25) is 5.02 Å². The minimum atomic E-state index is -0.264. The standard InChI is InChI=1S/C29H28ClN7O2/c1-39-23-11-6-19(7-12-23)18-37-27-25(5-2-14-31-27)35-29(37)34-21-9-8-20(16-21)33-26-13-10-22(17-32-26)36-15-3-4-24(30)28(36)38/h2-7,10-15,17,20-21H,8-9,16,18H2,1H3,(H,32,33)(H,34,35)/t20-,21-/m0/s1. The van der Waals surface area contributed by atoms with Crippen LogP contribution in [-0.4, -0.2) is 43.3 Å². The third-order valence-electron chi connectivity index (χ3n) is 7.05. The van der Waals surface area contributed by atoms with Gasteiger partial charge in [0.15, 0.2) is 5.65 Å². The van der Waals surface area contributed by atoms with E-state index in [1.165, 1.54) is 4.57 Å². The molecule has 9 nitrogen and oxygen atoms in total. The molecule has 0 saturated heterocycles. The fraction of sp³-hybridized carbons (Fsp3) is 0.241. The van der Waals surface area contributed by atoms with Crippen molar-refractivity contribution in [1.29, 1.82) is 0 Å². The van der Waals surface area contributed by atoms with Crippen molar-refractivity contribution in [1.82, 2.24) is 24.1 Å². The maximum atomic E-state index is 12.3. The van der Waals surface area contributed by atoms with E-state index in [2.05, 4.69) is 37.3 Å². The first kappa shape index (κ1) is 24.9. The zero-order chi connectivity index (χ0) is 26.8. The van der Waals surface area contributed by atoms with E-state index in [0.29, 0.717) is 12.2 Å². The molecule has 5 aromatic rings. The molecule has 39 heavy (non-hydrogen) atoms. The third kappa shape index (κ3) is 5.31. The number of fused-ring (bicyclic) bond motifs is 1. The van der Waals surface area contributed by atoms with E-state index >= 15 is 0 Å². The number of aromatic nitrogens is 5. The maximum Gasteiger partial charge on any atom is 0.273 e. The van der Waals surface area contributed by atoms with Crippen LogP contribution in [0.1, 0.15) is 24.8 Å². The van der Waals surface area contributed by atoms with Gasteiger partial charge in [0.1, 0.15) is 22.1 Å². The van der Waals surface area contributed by atoms with Crippen molar-refractivity contribution in [2.24, 2.45) is 0 Å². The van der Waals surface area contributed by atoms with E-state index in [1.807, 2.05) is 36.4 Å². The summed E-state index contributed by atoms with van der Waals surface area (Å²) >= 11 is 5.98. The Morgan fingerprint density at radius 1 is 1.00 bits per heavy atom. The number of methoxy groups -OCH3 is 1. The number of rotatable bonds is 8. The minimum absolute atomic E-state index is 0.178. The summed E-state index contributed by atoms with van der Waals surface area (Å²) in [6, 6.07) is 19.6. The molecule has 4 aromatic heterocycles. The molecule has 0 amide bonds. The van der Waals surface area contributed by atoms with E-state index in [4.69, 9.17) is 21.3 Å². The molecule has 2 N–H and O–H groups in total. The molecule has 2 atom stereocenters. The maximum absolute atomic E-state index is 12.3. The molecule has 10 heteroatoms. The van der Waals surface area contributed by atoms with Crippen molar-refractivity contribution >= 4 is 34.5 Å². The smallest absolute Gasteiger partial charge is 0.273 e. The summed E-state index contributed by atoms with van der Waals surface area (Å²) in [4.78, 5) is 26.3. The molecule has 0 spiro atoms. The second-order valence-electron chi connectivity index (χ2n) is 9.64. The number of nitrogens with one attached hydrogen (secondary N) is 2. The molecule has 0 aliphatic heterocycles. The van der Waals surface area contributed by atoms with E-state index in [1.54, 1.807) is 37.8 Å². The molecule has 0 bridgehead atoms. The SMILES string of the molecule is COc1ccc(Cn2c(N[C@H]3CC[C@H](Nc4ccc(-n5cccc(Cl)c5=O)cn4)C3)nc3cccnc32)cc1. The third-order valence-corrected chi connectivity index (χ3v) is 7.34. The zero-order valence-electron chi connectivity index (χ0n) is 21.4. The Balaban J connectivity index is 1.14. The van der Waals surface area contributed by atoms with Gasteiger partial charge in [-0.2, -0.15) is 0 Å². The van der Waals surface area contributed by atoms with Gasteiger partial charge in [0.2, 0.25) is 5.95 Å². The summed E-state index contributed by atoms with van der Waals surface area (Å²) in [5, 5.41) is 7.39. The van der Waals surface area contributed by atoms with Gasteiger partial charge in [0.05, 0.1) is 25.5 Å². The van der Waals surface area contributed by atoms with Gasteiger partial charge in [-0.25, -0.2) is 15.0 Å². The first-order chi connectivity index (χ1) is 19.1. The number of nitrogens with zero attached hydrogens (tertiary/aromatic N) is 5. The fourth-order valence-electron chi connectivity index (χ4n) is 5.05. The molecule has 0 unspecified atom stereocenters. The highest BCUT2D eigenvalue weighted by Gasteiger charge is 2.26. The molecule has 198 valence electrons. The van der Waals surface area contributed by atoms with Crippen LogP contribution in [-0.2, 0) is 6.54 Å². The van der Waals surface area contributed by atoms with Crippen LogP contribution in [0.5, 0.6) is 5.75 Å². The van der Waals surface area contributed by atoms with Crippen molar-refractivity contribution in [3.63, 3.8) is 0 Å². The Labute approximate surface area is 230 Å². The first-order valence-electron chi connectivity index (χ1n) is 12.9. The van der Waals surface area contributed by atoms with E-state index in [0.717, 1.165) is 53.5 Å². The summed E-state index contributed by atoms with van der Waals surface area (Å²) < 4.78 is 8.92. The quantitative estimate of drug-likeness (QED) is 0.281. The monoisotopic (exact) mass is 541 g/mol. The fourth-order valence-corrected chi connectivity index (χ4v) is 5.22. The van der Waals surface area contributed by atoms with Gasteiger partial charge in [-0.15, -0.1) is 0 Å². The molecule has 6 rings (SSSR count). The van der Waals surface area contributed by atoms with Gasteiger partial charge in [-0.05, 0) is 73.4 Å². The Bertz CT molecular complexity index is 1650. The number of pyridine rings is 3. The number of ether oxygens (including phenoxy) is 1. The van der Waals surface area contributed by atoms with Crippen molar-refractivity contribution in [2.75, 3.05) is 17.7 Å². The van der Waals surface area contributed by atoms with E-state index < -0.39 is 0 Å². The Kier molecular flexibility index (Phi) is 6.89. The van der Waals surface area contributed by atoms with E-state index in [-0.39, 0.29) is 22.7 Å². The molecule has 1 saturated carbocycles. The summed E-state index contributed by atoms with van der Waals surface area (Å²) in [5.74, 6) is 2.42. The predicted molar refractivity (Wildman–Crippen MR) is 153 cm³/mol. The average Bonchev–Trinajstić information content (AvgIpc) is 3.55. The summed E-state index contributed by atoms with van der Waals surface area (Å²) in [6.45, 7) is 0.653. The number of anilines is 2. The lowest BCUT2D eigenvalue weighted by Gasteiger charge is -2.17. The highest BCUT2D eigenvalue weighted by Crippen LogP contribution is 2.28. The summed E-state index contributed by atoms with van der Waals surface area (Å²) in [5.41, 5.74) is 3.27. The van der Waals surface area contributed by atoms with Crippen LogP contribution in [0.3, 0.4) is 0 Å². The lowest BCUT2D eigenvalue weighted by molar-refractivity contribution is 0.414. The topological polar surface area (TPSA) is 98.9 Å². The highest BCUT2D eigenvalue weighted by atomic mass is 35.5.